The number of carbonyl (C=O) groups is 2. The number of rotatable bonds is 6. The number of Topliss-reactive ketones (excluding diaryl/α,β-unsaturated/α-hetero) is 1. The zero-order chi connectivity index (χ0) is 24.6. The maximum absolute atomic E-state index is 13.3. The summed E-state index contributed by atoms with van der Waals surface area (Å²) in [6.45, 7) is 10.4. The lowest BCUT2D eigenvalue weighted by atomic mass is 9.93. The molecule has 0 bridgehead atoms. The van der Waals surface area contributed by atoms with Gasteiger partial charge in [-0.3, -0.25) is 14.5 Å². The number of nitrogens with zero attached hydrogens (tertiary/aromatic N) is 2. The minimum absolute atomic E-state index is 0.0527. The molecule has 7 heteroatoms. The van der Waals surface area contributed by atoms with Crippen molar-refractivity contribution in [2.75, 3.05) is 11.5 Å². The smallest absolute Gasteiger partial charge is 0.301 e. The monoisotopic (exact) mass is 476 g/mol. The third-order valence-electron chi connectivity index (χ3n) is 6.03. The fraction of sp³-hybridized carbons (Fsp3) is 0.296. The number of aryl methyl sites for hydroxylation is 2. The van der Waals surface area contributed by atoms with E-state index in [4.69, 9.17) is 4.74 Å². The summed E-state index contributed by atoms with van der Waals surface area (Å²) >= 11 is 1.36. The quantitative estimate of drug-likeness (QED) is 0.272. The first-order valence-electron chi connectivity index (χ1n) is 11.3. The fourth-order valence-electron chi connectivity index (χ4n) is 4.00. The van der Waals surface area contributed by atoms with Gasteiger partial charge >= 0.3 is 5.91 Å². The molecule has 1 N–H and O–H groups in total. The molecule has 1 amide bonds. The van der Waals surface area contributed by atoms with E-state index in [1.54, 1.807) is 24.3 Å². The first kappa shape index (κ1) is 23.7. The second-order valence-electron chi connectivity index (χ2n) is 8.59. The van der Waals surface area contributed by atoms with Gasteiger partial charge in [-0.25, -0.2) is 4.98 Å². The molecule has 0 saturated carbocycles. The zero-order valence-electron chi connectivity index (χ0n) is 20.0. The number of aliphatic hydroxyl groups is 1. The molecule has 4 rings (SSSR count). The van der Waals surface area contributed by atoms with E-state index < -0.39 is 17.7 Å². The summed E-state index contributed by atoms with van der Waals surface area (Å²) in [6, 6.07) is 13.9. The molecule has 1 fully saturated rings. The van der Waals surface area contributed by atoms with Gasteiger partial charge in [-0.2, -0.15) is 0 Å². The molecule has 1 aromatic heterocycles. The van der Waals surface area contributed by atoms with Gasteiger partial charge in [0.2, 0.25) is 0 Å². The number of aromatic nitrogens is 1. The van der Waals surface area contributed by atoms with Crippen LogP contribution >= 0.6 is 11.3 Å². The predicted molar refractivity (Wildman–Crippen MR) is 135 cm³/mol. The Morgan fingerprint density at radius 2 is 1.74 bits per heavy atom. The van der Waals surface area contributed by atoms with E-state index in [0.29, 0.717) is 29.0 Å². The highest BCUT2D eigenvalue weighted by Crippen LogP contribution is 2.44. The highest BCUT2D eigenvalue weighted by Gasteiger charge is 2.48. The molecule has 0 spiro atoms. The van der Waals surface area contributed by atoms with Crippen molar-refractivity contribution >= 4 is 33.9 Å². The largest absolute Gasteiger partial charge is 0.507 e. The number of amides is 1. The molecule has 1 saturated heterocycles. The number of benzene rings is 2. The first-order chi connectivity index (χ1) is 16.2. The minimum Gasteiger partial charge on any atom is -0.507 e. The Morgan fingerprint density at radius 1 is 1.09 bits per heavy atom. The van der Waals surface area contributed by atoms with Crippen LogP contribution in [0, 0.1) is 13.8 Å². The molecule has 6 nitrogen and oxygen atoms in total. The van der Waals surface area contributed by atoms with E-state index in [0.717, 1.165) is 21.7 Å². The number of ether oxygens (including phenoxy) is 1. The van der Waals surface area contributed by atoms with Crippen molar-refractivity contribution in [3.8, 4) is 5.75 Å². The minimum atomic E-state index is -0.780. The average Bonchev–Trinajstić information content (AvgIpc) is 3.29. The Morgan fingerprint density at radius 3 is 2.26 bits per heavy atom. The van der Waals surface area contributed by atoms with Gasteiger partial charge in [0.25, 0.3) is 5.78 Å². The third kappa shape index (κ3) is 4.23. The number of anilines is 1. The first-order valence-corrected chi connectivity index (χ1v) is 12.1. The lowest BCUT2D eigenvalue weighted by molar-refractivity contribution is -0.132. The number of hydrogen-bond donors (Lipinski definition) is 1. The molecule has 2 heterocycles. The number of carbonyl (C=O) groups excluding carboxylic acids is 2. The number of ketones is 1. The van der Waals surface area contributed by atoms with Crippen molar-refractivity contribution in [1.82, 2.24) is 4.98 Å². The van der Waals surface area contributed by atoms with Gasteiger partial charge in [-0.1, -0.05) is 38.1 Å². The molecule has 0 unspecified atom stereocenters. The fourth-order valence-corrected chi connectivity index (χ4v) is 4.93. The molecule has 176 valence electrons. The zero-order valence-corrected chi connectivity index (χ0v) is 20.8. The Balaban J connectivity index is 1.88. The summed E-state index contributed by atoms with van der Waals surface area (Å²) < 4.78 is 5.48. The van der Waals surface area contributed by atoms with Gasteiger partial charge in [0.05, 0.1) is 23.9 Å². The number of aliphatic hydroxyl groups excluding tert-OH is 1. The van der Waals surface area contributed by atoms with E-state index in [1.807, 2.05) is 45.0 Å². The summed E-state index contributed by atoms with van der Waals surface area (Å²) in [5.74, 6) is -0.636. The topological polar surface area (TPSA) is 79.7 Å². The van der Waals surface area contributed by atoms with Crippen molar-refractivity contribution in [3.63, 3.8) is 0 Å². The van der Waals surface area contributed by atoms with Crippen LogP contribution in [-0.2, 0) is 9.59 Å². The molecule has 0 radical (unpaired) electrons. The second kappa shape index (κ2) is 9.43. The van der Waals surface area contributed by atoms with Gasteiger partial charge in [0, 0.05) is 10.4 Å². The average molecular weight is 477 g/mol. The normalized spacial score (nSPS) is 17.6. The number of hydrogen-bond acceptors (Lipinski definition) is 6. The molecule has 1 aliphatic heterocycles. The van der Waals surface area contributed by atoms with E-state index >= 15 is 0 Å². The maximum atomic E-state index is 13.3. The standard InChI is InChI=1S/C27H28N2O4S/c1-6-33-21-13-11-20(12-14-21)24(30)22-23(19-9-7-18(8-10-19)15(2)3)29(26(32)25(22)31)27-28-16(4)17(5)34-27/h7-15,23,30H,6H2,1-5H3/t23-/m0/s1. The van der Waals surface area contributed by atoms with Crippen molar-refractivity contribution < 1.29 is 19.4 Å². The SMILES string of the molecule is CCOc1ccc(C(O)=C2C(=O)C(=O)N(c3nc(C)c(C)s3)[C@H]2c2ccc(C(C)C)cc2)cc1. The van der Waals surface area contributed by atoms with Crippen LogP contribution in [0.25, 0.3) is 5.76 Å². The van der Waals surface area contributed by atoms with E-state index in [9.17, 15) is 14.7 Å². The Kier molecular flexibility index (Phi) is 6.57. The van der Waals surface area contributed by atoms with E-state index in [2.05, 4.69) is 18.8 Å². The maximum Gasteiger partial charge on any atom is 0.301 e. The van der Waals surface area contributed by atoms with Crippen molar-refractivity contribution in [3.05, 3.63) is 81.4 Å². The van der Waals surface area contributed by atoms with Gasteiger partial charge in [0.1, 0.15) is 11.5 Å². The van der Waals surface area contributed by atoms with Gasteiger partial charge in [-0.05, 0) is 62.1 Å². The Labute approximate surface area is 203 Å². The molecular formula is C27H28N2O4S. The highest BCUT2D eigenvalue weighted by molar-refractivity contribution is 7.16. The lowest BCUT2D eigenvalue weighted by Gasteiger charge is -2.23. The molecule has 1 aliphatic rings. The predicted octanol–water partition coefficient (Wildman–Crippen LogP) is 5.91. The van der Waals surface area contributed by atoms with Gasteiger partial charge in [0.15, 0.2) is 5.13 Å². The van der Waals surface area contributed by atoms with Crippen molar-refractivity contribution in [2.24, 2.45) is 0 Å². The van der Waals surface area contributed by atoms with Crippen molar-refractivity contribution in [2.45, 2.75) is 46.6 Å². The highest BCUT2D eigenvalue weighted by atomic mass is 32.1. The summed E-state index contributed by atoms with van der Waals surface area (Å²) in [7, 11) is 0. The molecule has 3 aromatic rings. The summed E-state index contributed by atoms with van der Waals surface area (Å²) in [5.41, 5.74) is 3.19. The third-order valence-corrected chi connectivity index (χ3v) is 7.10. The van der Waals surface area contributed by atoms with Crippen LogP contribution in [0.1, 0.15) is 60.0 Å². The van der Waals surface area contributed by atoms with Gasteiger partial charge in [-0.15, -0.1) is 11.3 Å². The van der Waals surface area contributed by atoms with Crippen LogP contribution in [0.4, 0.5) is 5.13 Å². The molecule has 34 heavy (non-hydrogen) atoms. The molecular weight excluding hydrogens is 448 g/mol. The van der Waals surface area contributed by atoms with Gasteiger partial charge < -0.3 is 9.84 Å². The van der Waals surface area contributed by atoms with Crippen molar-refractivity contribution in [1.29, 1.82) is 0 Å². The molecule has 0 aliphatic carbocycles. The second-order valence-corrected chi connectivity index (χ2v) is 9.77. The van der Waals surface area contributed by atoms with Crippen LogP contribution in [0.2, 0.25) is 0 Å². The summed E-state index contributed by atoms with van der Waals surface area (Å²) in [4.78, 5) is 33.4. The molecule has 1 atom stereocenters. The molecule has 2 aromatic carbocycles. The lowest BCUT2D eigenvalue weighted by Crippen LogP contribution is -2.29. The van der Waals surface area contributed by atoms with E-state index in [-0.39, 0.29) is 11.3 Å². The van der Waals surface area contributed by atoms with E-state index in [1.165, 1.54) is 16.2 Å². The summed E-state index contributed by atoms with van der Waals surface area (Å²) in [5, 5.41) is 11.7. The van der Waals surface area contributed by atoms with Crippen LogP contribution in [-0.4, -0.2) is 28.4 Å². The van der Waals surface area contributed by atoms with Crippen LogP contribution in [0.5, 0.6) is 5.75 Å². The number of thiazole rings is 1. The van der Waals surface area contributed by atoms with Crippen LogP contribution in [0.3, 0.4) is 0 Å². The van der Waals surface area contributed by atoms with Crippen LogP contribution in [0.15, 0.2) is 54.1 Å². The Bertz CT molecular complexity index is 1240. The Hall–Kier alpha value is -3.45. The van der Waals surface area contributed by atoms with Crippen LogP contribution < -0.4 is 9.64 Å². The summed E-state index contributed by atoms with van der Waals surface area (Å²) in [6.07, 6.45) is 0.